The van der Waals surface area contributed by atoms with Gasteiger partial charge in [-0.25, -0.2) is 8.78 Å². The second kappa shape index (κ2) is 15.1. The Morgan fingerprint density at radius 3 is 2.52 bits per heavy atom. The van der Waals surface area contributed by atoms with Gasteiger partial charge in [0.1, 0.15) is 12.4 Å². The van der Waals surface area contributed by atoms with Gasteiger partial charge in [-0.05, 0) is 18.6 Å². The fourth-order valence-corrected chi connectivity index (χ4v) is 1.77. The van der Waals surface area contributed by atoms with Crippen LogP contribution in [-0.4, -0.2) is 59.6 Å². The smallest absolute Gasteiger partial charge is 0.191 e. The highest BCUT2D eigenvalue weighted by Crippen LogP contribution is 2.17. The molecular formula is C16H26F2IN3O3. The highest BCUT2D eigenvalue weighted by atomic mass is 127. The molecule has 0 aromatic heterocycles. The van der Waals surface area contributed by atoms with Crippen molar-refractivity contribution in [3.63, 3.8) is 0 Å². The summed E-state index contributed by atoms with van der Waals surface area (Å²) in [7, 11) is 3.29. The Morgan fingerprint density at radius 1 is 1.08 bits per heavy atom. The zero-order chi connectivity index (χ0) is 17.6. The highest BCUT2D eigenvalue weighted by molar-refractivity contribution is 14.0. The summed E-state index contributed by atoms with van der Waals surface area (Å²) in [6.45, 7) is 3.18. The average molecular weight is 473 g/mol. The lowest BCUT2D eigenvalue weighted by molar-refractivity contribution is 0.0698. The maximum atomic E-state index is 13.4. The van der Waals surface area contributed by atoms with E-state index in [2.05, 4.69) is 15.6 Å². The Kier molecular flexibility index (Phi) is 14.4. The number of nitrogens with zero attached hydrogens (tertiary/aromatic N) is 1. The molecule has 0 fully saturated rings. The lowest BCUT2D eigenvalue weighted by atomic mass is 10.3. The number of hydrogen-bond donors (Lipinski definition) is 2. The summed E-state index contributed by atoms with van der Waals surface area (Å²) in [4.78, 5) is 4.06. The van der Waals surface area contributed by atoms with Gasteiger partial charge >= 0.3 is 0 Å². The molecule has 0 heterocycles. The van der Waals surface area contributed by atoms with Gasteiger partial charge < -0.3 is 24.8 Å². The zero-order valence-corrected chi connectivity index (χ0v) is 16.8. The Morgan fingerprint density at radius 2 is 1.84 bits per heavy atom. The number of methoxy groups -OCH3 is 1. The van der Waals surface area contributed by atoms with E-state index in [-0.39, 0.29) is 36.3 Å². The van der Waals surface area contributed by atoms with E-state index in [9.17, 15) is 8.78 Å². The molecule has 0 saturated carbocycles. The van der Waals surface area contributed by atoms with Crippen LogP contribution in [0.1, 0.15) is 6.42 Å². The van der Waals surface area contributed by atoms with Crippen LogP contribution < -0.4 is 15.4 Å². The van der Waals surface area contributed by atoms with Crippen LogP contribution in [-0.2, 0) is 9.47 Å². The van der Waals surface area contributed by atoms with Crippen molar-refractivity contribution in [2.45, 2.75) is 6.42 Å². The monoisotopic (exact) mass is 473 g/mol. The van der Waals surface area contributed by atoms with Gasteiger partial charge in [-0.15, -0.1) is 24.0 Å². The van der Waals surface area contributed by atoms with Crippen LogP contribution in [0.15, 0.2) is 23.2 Å². The molecule has 1 rings (SSSR count). The Balaban J connectivity index is 0.00000576. The number of nitrogens with one attached hydrogen (secondary N) is 2. The second-order valence-electron chi connectivity index (χ2n) is 4.81. The zero-order valence-electron chi connectivity index (χ0n) is 14.5. The minimum Gasteiger partial charge on any atom is -0.489 e. The molecule has 1 aromatic rings. The quantitative estimate of drug-likeness (QED) is 0.223. The van der Waals surface area contributed by atoms with Gasteiger partial charge in [0.25, 0.3) is 0 Å². The third kappa shape index (κ3) is 11.1. The summed E-state index contributed by atoms with van der Waals surface area (Å²) in [6, 6.07) is 3.21. The average Bonchev–Trinajstić information content (AvgIpc) is 2.57. The molecule has 6 nitrogen and oxygen atoms in total. The number of guanidine groups is 1. The summed E-state index contributed by atoms with van der Waals surface area (Å²) in [5.41, 5.74) is 0. The summed E-state index contributed by atoms with van der Waals surface area (Å²) < 4.78 is 41.6. The maximum Gasteiger partial charge on any atom is 0.191 e. The lowest BCUT2D eigenvalue weighted by Crippen LogP contribution is -2.40. The van der Waals surface area contributed by atoms with Gasteiger partial charge in [0.15, 0.2) is 17.5 Å². The van der Waals surface area contributed by atoms with Gasteiger partial charge in [0.2, 0.25) is 0 Å². The van der Waals surface area contributed by atoms with E-state index in [1.54, 1.807) is 14.2 Å². The maximum absolute atomic E-state index is 13.4. The minimum atomic E-state index is -0.717. The predicted molar refractivity (Wildman–Crippen MR) is 104 cm³/mol. The standard InChI is InChI=1S/C16H25F2N3O3.HI/c1-19-16(20-6-3-8-23-11-10-22-2)21-7-9-24-15-5-4-13(17)12-14(15)18;/h4-5,12H,3,6-11H2,1-2H3,(H2,19,20,21);1H. The number of ether oxygens (including phenoxy) is 3. The van der Waals surface area contributed by atoms with Crippen LogP contribution in [0.4, 0.5) is 8.78 Å². The predicted octanol–water partition coefficient (Wildman–Crippen LogP) is 2.18. The van der Waals surface area contributed by atoms with Crippen molar-refractivity contribution in [1.82, 2.24) is 10.6 Å². The topological polar surface area (TPSA) is 64.1 Å². The Labute approximate surface area is 164 Å². The van der Waals surface area contributed by atoms with E-state index in [4.69, 9.17) is 14.2 Å². The van der Waals surface area contributed by atoms with E-state index in [0.717, 1.165) is 18.6 Å². The van der Waals surface area contributed by atoms with Crippen LogP contribution in [0, 0.1) is 11.6 Å². The molecule has 2 N–H and O–H groups in total. The van der Waals surface area contributed by atoms with Crippen molar-refractivity contribution in [2.75, 3.05) is 53.7 Å². The summed E-state index contributed by atoms with van der Waals surface area (Å²) in [5.74, 6) is -0.704. The molecule has 0 bridgehead atoms. The van der Waals surface area contributed by atoms with Gasteiger partial charge in [-0.2, -0.15) is 0 Å². The number of benzene rings is 1. The lowest BCUT2D eigenvalue weighted by Gasteiger charge is -2.13. The summed E-state index contributed by atoms with van der Waals surface area (Å²) >= 11 is 0. The number of aliphatic imine (C=N–C) groups is 1. The molecule has 0 radical (unpaired) electrons. The molecular weight excluding hydrogens is 447 g/mol. The summed E-state index contributed by atoms with van der Waals surface area (Å²) in [6.07, 6.45) is 0.835. The van der Waals surface area contributed by atoms with Gasteiger partial charge in [0.05, 0.1) is 19.8 Å². The van der Waals surface area contributed by atoms with Gasteiger partial charge in [-0.3, -0.25) is 4.99 Å². The molecule has 1 aromatic carbocycles. The first-order valence-corrected chi connectivity index (χ1v) is 7.76. The van der Waals surface area contributed by atoms with Gasteiger partial charge in [-0.1, -0.05) is 0 Å². The first kappa shape index (κ1) is 23.8. The van der Waals surface area contributed by atoms with Gasteiger partial charge in [0, 0.05) is 33.4 Å². The minimum absolute atomic E-state index is 0. The third-order valence-corrected chi connectivity index (χ3v) is 2.96. The van der Waals surface area contributed by atoms with Crippen molar-refractivity contribution in [3.05, 3.63) is 29.8 Å². The van der Waals surface area contributed by atoms with Crippen molar-refractivity contribution < 1.29 is 23.0 Å². The Bertz CT molecular complexity index is 508. The van der Waals surface area contributed by atoms with Crippen LogP contribution >= 0.6 is 24.0 Å². The first-order valence-electron chi connectivity index (χ1n) is 7.76. The van der Waals surface area contributed by atoms with Crippen LogP contribution in [0.3, 0.4) is 0 Å². The third-order valence-electron chi connectivity index (χ3n) is 2.96. The summed E-state index contributed by atoms with van der Waals surface area (Å²) in [5, 5.41) is 6.16. The molecule has 0 aliphatic heterocycles. The van der Waals surface area contributed by atoms with Crippen molar-refractivity contribution >= 4 is 29.9 Å². The molecule has 144 valence electrons. The molecule has 25 heavy (non-hydrogen) atoms. The molecule has 0 aliphatic rings. The number of halogens is 3. The van der Waals surface area contributed by atoms with Crippen molar-refractivity contribution in [1.29, 1.82) is 0 Å². The van der Waals surface area contributed by atoms with E-state index >= 15 is 0 Å². The van der Waals surface area contributed by atoms with Crippen LogP contribution in [0.25, 0.3) is 0 Å². The molecule has 0 saturated heterocycles. The Hall–Kier alpha value is -1.20. The van der Waals surface area contributed by atoms with E-state index in [1.165, 1.54) is 6.07 Å². The SMILES string of the molecule is CN=C(NCCCOCCOC)NCCOc1ccc(F)cc1F.I. The van der Waals surface area contributed by atoms with Crippen molar-refractivity contribution in [2.24, 2.45) is 4.99 Å². The fourth-order valence-electron chi connectivity index (χ4n) is 1.77. The molecule has 0 amide bonds. The second-order valence-corrected chi connectivity index (χ2v) is 4.81. The molecule has 0 unspecified atom stereocenters. The van der Waals surface area contributed by atoms with Crippen LogP contribution in [0.5, 0.6) is 5.75 Å². The van der Waals surface area contributed by atoms with E-state index in [0.29, 0.717) is 38.9 Å². The van der Waals surface area contributed by atoms with E-state index in [1.807, 2.05) is 0 Å². The molecule has 0 spiro atoms. The fraction of sp³-hybridized carbons (Fsp3) is 0.562. The first-order chi connectivity index (χ1) is 11.7. The highest BCUT2D eigenvalue weighted by Gasteiger charge is 2.04. The molecule has 0 aliphatic carbocycles. The van der Waals surface area contributed by atoms with Crippen LogP contribution in [0.2, 0.25) is 0 Å². The number of rotatable bonds is 11. The molecule has 0 atom stereocenters. The largest absolute Gasteiger partial charge is 0.489 e. The van der Waals surface area contributed by atoms with E-state index < -0.39 is 11.6 Å². The van der Waals surface area contributed by atoms with Crippen molar-refractivity contribution in [3.8, 4) is 5.75 Å². The molecule has 9 heteroatoms. The number of hydrogen-bond acceptors (Lipinski definition) is 4. The normalized spacial score (nSPS) is 11.0.